The van der Waals surface area contributed by atoms with Crippen molar-refractivity contribution in [1.29, 1.82) is 0 Å². The Morgan fingerprint density at radius 3 is 2.27 bits per heavy atom. The van der Waals surface area contributed by atoms with Crippen LogP contribution in [0.1, 0.15) is 85.4 Å². The number of nitrogens with zero attached hydrogens (tertiary/aromatic N) is 1. The predicted molar refractivity (Wildman–Crippen MR) is 192 cm³/mol. The summed E-state index contributed by atoms with van der Waals surface area (Å²) in [5.41, 5.74) is 8.30. The number of hydrogen-bond donors (Lipinski definition) is 0. The Kier molecular flexibility index (Phi) is 7.80. The second kappa shape index (κ2) is 11.8. The minimum atomic E-state index is -2.37. The van der Waals surface area contributed by atoms with Crippen LogP contribution in [0, 0.1) is 23.3 Å². The number of rotatable bonds is 9. The lowest BCUT2D eigenvalue weighted by atomic mass is 9.92. The molecule has 0 saturated carbocycles. The molecule has 5 aromatic rings. The van der Waals surface area contributed by atoms with Gasteiger partial charge in [-0.2, -0.15) is 0 Å². The number of fused-ring (bicyclic) bond motifs is 8. The van der Waals surface area contributed by atoms with Crippen LogP contribution in [-0.4, -0.2) is 24.8 Å². The van der Waals surface area contributed by atoms with Crippen molar-refractivity contribution in [2.75, 3.05) is 6.61 Å². The van der Waals surface area contributed by atoms with E-state index in [4.69, 9.17) is 4.74 Å². The van der Waals surface area contributed by atoms with E-state index in [-0.39, 0.29) is 34.4 Å². The topological polar surface area (TPSA) is 14.2 Å². The second-order valence-electron chi connectivity index (χ2n) is 15.3. The highest BCUT2D eigenvalue weighted by Gasteiger charge is 2.51. The van der Waals surface area contributed by atoms with Crippen LogP contribution < -0.4 is 0 Å². The molecular weight excluding hydrogens is 639 g/mol. The quantitative estimate of drug-likeness (QED) is 0.0488. The molecular formula is C42H41F4NOSi. The molecule has 2 nitrogen and oxygen atoms in total. The minimum absolute atomic E-state index is 0.0692. The van der Waals surface area contributed by atoms with E-state index in [9.17, 15) is 8.78 Å². The first-order valence-corrected chi connectivity index (χ1v) is 20.4. The lowest BCUT2D eigenvalue weighted by molar-refractivity contribution is -0.00471. The summed E-state index contributed by atoms with van der Waals surface area (Å²) in [6.45, 7) is 9.51. The zero-order valence-electron chi connectivity index (χ0n) is 28.5. The minimum Gasteiger partial charge on any atom is -0.376 e. The summed E-state index contributed by atoms with van der Waals surface area (Å²) in [4.78, 5) is 0. The van der Waals surface area contributed by atoms with Crippen molar-refractivity contribution >= 4 is 25.1 Å². The average Bonchev–Trinajstić information content (AvgIpc) is 3.77. The fourth-order valence-electron chi connectivity index (χ4n) is 9.09. The third-order valence-electron chi connectivity index (χ3n) is 11.2. The lowest BCUT2D eigenvalue weighted by Gasteiger charge is -2.40. The van der Waals surface area contributed by atoms with Crippen molar-refractivity contribution in [2.24, 2.45) is 0 Å². The molecule has 8 rings (SSSR count). The van der Waals surface area contributed by atoms with Crippen molar-refractivity contribution in [2.45, 2.75) is 82.3 Å². The van der Waals surface area contributed by atoms with Gasteiger partial charge < -0.3 is 9.30 Å². The van der Waals surface area contributed by atoms with E-state index >= 15 is 8.78 Å². The molecule has 7 heteroatoms. The molecule has 3 unspecified atom stereocenters. The van der Waals surface area contributed by atoms with E-state index in [0.717, 1.165) is 60.5 Å². The maximum Gasteiger partial charge on any atom is 0.198 e. The van der Waals surface area contributed by atoms with Gasteiger partial charge in [-0.15, -0.1) is 0 Å². The summed E-state index contributed by atoms with van der Waals surface area (Å²) in [5.74, 6) is -6.17. The molecule has 2 aliphatic carbocycles. The maximum atomic E-state index is 15.5. The summed E-state index contributed by atoms with van der Waals surface area (Å²) < 4.78 is 68.3. The predicted octanol–water partition coefficient (Wildman–Crippen LogP) is 11.7. The van der Waals surface area contributed by atoms with E-state index in [1.807, 2.05) is 16.7 Å². The molecule has 0 spiro atoms. The number of para-hydroxylation sites is 1. The van der Waals surface area contributed by atoms with Crippen LogP contribution in [0.2, 0.25) is 12.6 Å². The average molecular weight is 680 g/mol. The molecule has 0 saturated heterocycles. The molecule has 2 heterocycles. The Morgan fingerprint density at radius 1 is 0.776 bits per heavy atom. The molecule has 252 valence electrons. The van der Waals surface area contributed by atoms with Crippen LogP contribution in [0.25, 0.3) is 39.4 Å². The fourth-order valence-corrected chi connectivity index (χ4v) is 14.5. The molecule has 0 amide bonds. The molecule has 1 aliphatic heterocycles. The summed E-state index contributed by atoms with van der Waals surface area (Å²) in [7, 11) is -2.37. The first kappa shape index (κ1) is 32.3. The third-order valence-corrected chi connectivity index (χ3v) is 16.5. The number of benzene rings is 4. The van der Waals surface area contributed by atoms with Gasteiger partial charge in [0.1, 0.15) is 0 Å². The summed E-state index contributed by atoms with van der Waals surface area (Å²) in [5, 5.41) is 0.984. The van der Waals surface area contributed by atoms with Gasteiger partial charge in [-0.25, -0.2) is 17.6 Å². The van der Waals surface area contributed by atoms with Gasteiger partial charge in [0.05, 0.1) is 31.4 Å². The first-order chi connectivity index (χ1) is 23.5. The fraction of sp³-hybridized carbons (Fsp3) is 0.333. The van der Waals surface area contributed by atoms with Crippen molar-refractivity contribution < 1.29 is 22.3 Å². The van der Waals surface area contributed by atoms with Crippen molar-refractivity contribution in [3.05, 3.63) is 124 Å². The normalized spacial score (nSPS) is 18.4. The Morgan fingerprint density at radius 2 is 1.47 bits per heavy atom. The van der Waals surface area contributed by atoms with E-state index in [1.165, 1.54) is 22.3 Å². The molecule has 0 fully saturated rings. The maximum absolute atomic E-state index is 15.5. The molecule has 0 bridgehead atoms. The van der Waals surface area contributed by atoms with Crippen LogP contribution in [-0.2, 0) is 11.3 Å². The van der Waals surface area contributed by atoms with Crippen LogP contribution in [0.5, 0.6) is 0 Å². The number of halogens is 4. The van der Waals surface area contributed by atoms with Gasteiger partial charge >= 0.3 is 0 Å². The second-order valence-corrected chi connectivity index (χ2v) is 20.0. The molecule has 4 aromatic carbocycles. The van der Waals surface area contributed by atoms with E-state index in [2.05, 4.69) is 88.0 Å². The first-order valence-electron chi connectivity index (χ1n) is 17.5. The lowest BCUT2D eigenvalue weighted by Crippen LogP contribution is -2.44. The highest BCUT2D eigenvalue weighted by atomic mass is 28.3. The Balaban J connectivity index is 1.27. The van der Waals surface area contributed by atoms with Gasteiger partial charge in [0.25, 0.3) is 0 Å². The van der Waals surface area contributed by atoms with Gasteiger partial charge in [-0.1, -0.05) is 111 Å². The number of hydrogen-bond acceptors (Lipinski definition) is 1. The zero-order chi connectivity index (χ0) is 34.2. The highest BCUT2D eigenvalue weighted by Crippen LogP contribution is 2.59. The molecule has 0 radical (unpaired) electrons. The Labute approximate surface area is 286 Å². The van der Waals surface area contributed by atoms with Gasteiger partial charge in [-0.3, -0.25) is 0 Å². The Bertz CT molecular complexity index is 2160. The number of allylic oxidation sites excluding steroid dienone is 1. The number of unbranched alkanes of at least 4 members (excludes halogenated alkanes) is 3. The van der Waals surface area contributed by atoms with Gasteiger partial charge in [0.15, 0.2) is 23.3 Å². The van der Waals surface area contributed by atoms with Gasteiger partial charge in [-0.05, 0) is 55.0 Å². The standard InChI is InChI=1S/C42H41F4NOSi/c1-42(2,3)48-22-11-5-6-12-23-49(4,32-21-20-25-14-7-8-15-26(25)32)41-28-17-10-9-16-27(28)40-34(41)30-19-13-18-29-33-31(24-47(40)39(29)30)35(43)37(45)38(46)36(33)44/h7-10,13-21,32,41H,5-6,11-12,22-24H2,1-4H3. The third kappa shape index (κ3) is 4.98. The van der Waals surface area contributed by atoms with Crippen LogP contribution in [0.3, 0.4) is 0 Å². The van der Waals surface area contributed by atoms with Crippen LogP contribution in [0.15, 0.2) is 72.8 Å². The smallest absolute Gasteiger partial charge is 0.198 e. The number of aromatic nitrogens is 1. The monoisotopic (exact) mass is 679 g/mol. The van der Waals surface area contributed by atoms with Crippen LogP contribution in [0.4, 0.5) is 17.6 Å². The molecule has 0 N–H and O–H groups in total. The molecule has 3 atom stereocenters. The van der Waals surface area contributed by atoms with Crippen molar-refractivity contribution in [3.8, 4) is 22.4 Å². The van der Waals surface area contributed by atoms with E-state index < -0.39 is 31.3 Å². The number of ether oxygens (including phenoxy) is 1. The largest absolute Gasteiger partial charge is 0.376 e. The van der Waals surface area contributed by atoms with E-state index in [1.54, 1.807) is 6.07 Å². The van der Waals surface area contributed by atoms with Gasteiger partial charge in [0.2, 0.25) is 0 Å². The van der Waals surface area contributed by atoms with E-state index in [0.29, 0.717) is 5.56 Å². The van der Waals surface area contributed by atoms with Crippen molar-refractivity contribution in [1.82, 2.24) is 4.57 Å². The molecule has 3 aliphatic rings. The SMILES string of the molecule is CC(C)(C)OCCCCCC[Si](C)(C1C=Cc2ccccc21)C1c2ccccc2-c2c1c1cccc3c1n2Cc1c(F)c(F)c(F)c(F)c1-3. The highest BCUT2D eigenvalue weighted by molar-refractivity contribution is 6.83. The zero-order valence-corrected chi connectivity index (χ0v) is 29.5. The molecule has 1 aromatic heterocycles. The molecule has 49 heavy (non-hydrogen) atoms. The summed E-state index contributed by atoms with van der Waals surface area (Å²) >= 11 is 0. The van der Waals surface area contributed by atoms with Crippen LogP contribution >= 0.6 is 0 Å². The summed E-state index contributed by atoms with van der Waals surface area (Å²) in [6, 6.07) is 24.0. The van der Waals surface area contributed by atoms with Gasteiger partial charge in [0, 0.05) is 39.8 Å². The Hall–Kier alpha value is -3.94. The summed E-state index contributed by atoms with van der Waals surface area (Å²) in [6.07, 6.45) is 9.05. The van der Waals surface area contributed by atoms with Crippen molar-refractivity contribution in [3.63, 3.8) is 0 Å².